The number of hydrogen-bond acceptors (Lipinski definition) is 3. The van der Waals surface area contributed by atoms with Crippen molar-refractivity contribution in [2.75, 3.05) is 18.4 Å². The van der Waals surface area contributed by atoms with Gasteiger partial charge in [0.25, 0.3) is 5.56 Å². The number of fused-ring (bicyclic) bond motifs is 1. The molecular weight excluding hydrogens is 410 g/mol. The number of carbonyl (C=O) groups is 1. The predicted molar refractivity (Wildman–Crippen MR) is 107 cm³/mol. The van der Waals surface area contributed by atoms with Crippen LogP contribution in [0.25, 0.3) is 5.65 Å². The zero-order chi connectivity index (χ0) is 19.0. The van der Waals surface area contributed by atoms with Crippen LogP contribution in [0.4, 0.5) is 10.5 Å². The number of aryl methyl sites for hydroxylation is 1. The second kappa shape index (κ2) is 7.19. The first-order valence-corrected chi connectivity index (χ1v) is 9.68. The molecule has 0 bridgehead atoms. The highest BCUT2D eigenvalue weighted by atomic mass is 79.9. The summed E-state index contributed by atoms with van der Waals surface area (Å²) in [5.74, 6) is 0.245. The molecule has 0 unspecified atom stereocenters. The first-order chi connectivity index (χ1) is 13.0. The quantitative estimate of drug-likeness (QED) is 0.679. The monoisotopic (exact) mass is 429 g/mol. The standard InChI is InChI=1S/C19H20BrN5O2/c1-23-16(12-18(26)25-17(23)6-9-21-25)13-7-10-24(11-8-13)19(27)22-15-5-3-2-4-14(15)20/h2-6,9,12-13H,7-8,10-11H2,1H3,(H,22,27). The van der Waals surface area contributed by atoms with Crippen molar-refractivity contribution in [1.29, 1.82) is 0 Å². The molecule has 140 valence electrons. The number of amides is 2. The highest BCUT2D eigenvalue weighted by molar-refractivity contribution is 9.10. The van der Waals surface area contributed by atoms with Gasteiger partial charge in [-0.2, -0.15) is 9.61 Å². The van der Waals surface area contributed by atoms with Gasteiger partial charge in [0, 0.05) is 48.4 Å². The van der Waals surface area contributed by atoms with Crippen LogP contribution in [0, 0.1) is 0 Å². The van der Waals surface area contributed by atoms with E-state index in [-0.39, 0.29) is 17.5 Å². The number of urea groups is 1. The van der Waals surface area contributed by atoms with Crippen LogP contribution in [0.2, 0.25) is 0 Å². The van der Waals surface area contributed by atoms with Gasteiger partial charge in [-0.05, 0) is 40.9 Å². The van der Waals surface area contributed by atoms with E-state index in [4.69, 9.17) is 0 Å². The van der Waals surface area contributed by atoms with Crippen LogP contribution >= 0.6 is 15.9 Å². The highest BCUT2D eigenvalue weighted by Crippen LogP contribution is 2.28. The number of halogens is 1. The zero-order valence-electron chi connectivity index (χ0n) is 14.9. The highest BCUT2D eigenvalue weighted by Gasteiger charge is 2.26. The molecule has 2 aromatic heterocycles. The molecule has 8 heteroatoms. The lowest BCUT2D eigenvalue weighted by Crippen LogP contribution is -2.41. The lowest BCUT2D eigenvalue weighted by atomic mass is 9.93. The van der Waals surface area contributed by atoms with Gasteiger partial charge in [0.05, 0.1) is 11.9 Å². The molecule has 1 aliphatic rings. The summed E-state index contributed by atoms with van der Waals surface area (Å²) in [4.78, 5) is 26.6. The molecule has 0 atom stereocenters. The summed E-state index contributed by atoms with van der Waals surface area (Å²) in [5.41, 5.74) is 2.43. The Morgan fingerprint density at radius 1 is 1.22 bits per heavy atom. The van der Waals surface area contributed by atoms with Gasteiger partial charge >= 0.3 is 6.03 Å². The number of aromatic nitrogens is 3. The first kappa shape index (κ1) is 17.8. The van der Waals surface area contributed by atoms with Crippen molar-refractivity contribution in [1.82, 2.24) is 19.1 Å². The number of piperidine rings is 1. The second-order valence-corrected chi connectivity index (χ2v) is 7.59. The van der Waals surface area contributed by atoms with E-state index in [0.717, 1.165) is 34.3 Å². The summed E-state index contributed by atoms with van der Waals surface area (Å²) in [6, 6.07) is 11.0. The van der Waals surface area contributed by atoms with Crippen molar-refractivity contribution in [3.05, 3.63) is 63.1 Å². The number of carbonyl (C=O) groups excluding carboxylic acids is 1. The largest absolute Gasteiger partial charge is 0.333 e. The maximum absolute atomic E-state index is 12.6. The summed E-state index contributed by atoms with van der Waals surface area (Å²) in [5, 5.41) is 7.01. The van der Waals surface area contributed by atoms with Gasteiger partial charge in [-0.15, -0.1) is 0 Å². The van der Waals surface area contributed by atoms with Crippen LogP contribution in [-0.2, 0) is 7.05 Å². The van der Waals surface area contributed by atoms with Crippen LogP contribution in [0.1, 0.15) is 24.5 Å². The third kappa shape index (κ3) is 3.37. The SMILES string of the molecule is Cn1c(C2CCN(C(=O)Nc3ccccc3Br)CC2)cc(=O)n2nccc12. The van der Waals surface area contributed by atoms with E-state index < -0.39 is 0 Å². The Balaban J connectivity index is 1.46. The summed E-state index contributed by atoms with van der Waals surface area (Å²) in [7, 11) is 1.96. The maximum atomic E-state index is 12.6. The summed E-state index contributed by atoms with van der Waals surface area (Å²) in [6.45, 7) is 1.30. The van der Waals surface area contributed by atoms with Crippen molar-refractivity contribution in [2.45, 2.75) is 18.8 Å². The Morgan fingerprint density at radius 3 is 2.70 bits per heavy atom. The summed E-state index contributed by atoms with van der Waals surface area (Å²) < 4.78 is 4.29. The maximum Gasteiger partial charge on any atom is 0.321 e. The molecule has 27 heavy (non-hydrogen) atoms. The summed E-state index contributed by atoms with van der Waals surface area (Å²) >= 11 is 3.45. The number of likely N-dealkylation sites (tertiary alicyclic amines) is 1. The van der Waals surface area contributed by atoms with Gasteiger partial charge in [0.15, 0.2) is 0 Å². The normalized spacial score (nSPS) is 15.3. The average Bonchev–Trinajstić information content (AvgIpc) is 3.17. The number of nitrogens with one attached hydrogen (secondary N) is 1. The lowest BCUT2D eigenvalue weighted by molar-refractivity contribution is 0.193. The lowest BCUT2D eigenvalue weighted by Gasteiger charge is -2.33. The molecule has 1 aromatic carbocycles. The molecule has 0 spiro atoms. The van der Waals surface area contributed by atoms with Gasteiger partial charge < -0.3 is 14.8 Å². The second-order valence-electron chi connectivity index (χ2n) is 6.74. The Morgan fingerprint density at radius 2 is 1.96 bits per heavy atom. The van der Waals surface area contributed by atoms with Gasteiger partial charge in [-0.1, -0.05) is 12.1 Å². The van der Waals surface area contributed by atoms with E-state index in [1.807, 2.05) is 46.8 Å². The van der Waals surface area contributed by atoms with E-state index >= 15 is 0 Å². The summed E-state index contributed by atoms with van der Waals surface area (Å²) in [6.07, 6.45) is 3.27. The molecule has 1 aliphatic heterocycles. The van der Waals surface area contributed by atoms with Gasteiger partial charge in [-0.25, -0.2) is 4.79 Å². The van der Waals surface area contributed by atoms with Gasteiger partial charge in [0.1, 0.15) is 5.65 Å². The molecule has 1 N–H and O–H groups in total. The Labute approximate surface area is 164 Å². The van der Waals surface area contributed by atoms with Crippen LogP contribution in [0.3, 0.4) is 0 Å². The van der Waals surface area contributed by atoms with Gasteiger partial charge in [-0.3, -0.25) is 4.79 Å². The molecule has 4 rings (SSSR count). The Kier molecular flexibility index (Phi) is 4.73. The fourth-order valence-corrected chi connectivity index (χ4v) is 4.05. The van der Waals surface area contributed by atoms with Crippen LogP contribution in [0.5, 0.6) is 0 Å². The van der Waals surface area contributed by atoms with Crippen molar-refractivity contribution < 1.29 is 4.79 Å². The van der Waals surface area contributed by atoms with Crippen molar-refractivity contribution in [3.8, 4) is 0 Å². The van der Waals surface area contributed by atoms with Gasteiger partial charge in [0.2, 0.25) is 0 Å². The fourth-order valence-electron chi connectivity index (χ4n) is 3.66. The van der Waals surface area contributed by atoms with E-state index in [9.17, 15) is 9.59 Å². The van der Waals surface area contributed by atoms with E-state index in [2.05, 4.69) is 26.3 Å². The zero-order valence-corrected chi connectivity index (χ0v) is 16.5. The third-order valence-electron chi connectivity index (χ3n) is 5.15. The number of anilines is 1. The predicted octanol–water partition coefficient (Wildman–Crippen LogP) is 3.21. The third-order valence-corrected chi connectivity index (χ3v) is 5.84. The van der Waals surface area contributed by atoms with E-state index in [1.165, 1.54) is 4.52 Å². The number of para-hydroxylation sites is 1. The molecular formula is C19H20BrN5O2. The number of nitrogens with zero attached hydrogens (tertiary/aromatic N) is 4. The Hall–Kier alpha value is -2.61. The topological polar surface area (TPSA) is 71.6 Å². The fraction of sp³-hybridized carbons (Fsp3) is 0.316. The molecule has 3 aromatic rings. The number of hydrogen-bond donors (Lipinski definition) is 1. The van der Waals surface area contributed by atoms with Crippen LogP contribution < -0.4 is 10.9 Å². The van der Waals surface area contributed by atoms with Crippen molar-refractivity contribution in [3.63, 3.8) is 0 Å². The first-order valence-electron chi connectivity index (χ1n) is 8.89. The Bertz CT molecular complexity index is 1050. The van der Waals surface area contributed by atoms with Crippen molar-refractivity contribution in [2.24, 2.45) is 7.05 Å². The minimum atomic E-state index is -0.114. The minimum Gasteiger partial charge on any atom is -0.333 e. The van der Waals surface area contributed by atoms with Crippen LogP contribution in [-0.4, -0.2) is 38.2 Å². The molecule has 3 heterocycles. The molecule has 1 saturated heterocycles. The molecule has 0 saturated carbocycles. The van der Waals surface area contributed by atoms with E-state index in [1.54, 1.807) is 12.3 Å². The minimum absolute atomic E-state index is 0.0968. The number of benzene rings is 1. The molecule has 2 amide bonds. The van der Waals surface area contributed by atoms with E-state index in [0.29, 0.717) is 13.1 Å². The molecule has 1 fully saturated rings. The number of rotatable bonds is 2. The van der Waals surface area contributed by atoms with Crippen LogP contribution in [0.15, 0.2) is 51.9 Å². The molecule has 0 aliphatic carbocycles. The van der Waals surface area contributed by atoms with Crippen molar-refractivity contribution >= 4 is 33.3 Å². The average molecular weight is 430 g/mol. The molecule has 0 radical (unpaired) electrons. The molecule has 7 nitrogen and oxygen atoms in total. The smallest absolute Gasteiger partial charge is 0.321 e.